The number of Topliss-reactive ketones (excluding diaryl/α,β-unsaturated/α-hetero) is 2. The fourth-order valence-electron chi connectivity index (χ4n) is 5.58. The number of fused-ring (bicyclic) bond motifs is 3. The molecule has 37 heavy (non-hydrogen) atoms. The third-order valence-electron chi connectivity index (χ3n) is 7.00. The van der Waals surface area contributed by atoms with Crippen LogP contribution in [-0.2, 0) is 20.0 Å². The van der Waals surface area contributed by atoms with Crippen molar-refractivity contribution >= 4 is 27.9 Å². The first-order valence-corrected chi connectivity index (χ1v) is 12.1. The molecule has 15 heteroatoms. The minimum absolute atomic E-state index is 0.104. The van der Waals surface area contributed by atoms with Crippen molar-refractivity contribution in [2.45, 2.75) is 30.6 Å². The van der Waals surface area contributed by atoms with E-state index in [1.54, 1.807) is 19.1 Å². The number of carbonyl (C=O) groups is 3. The Morgan fingerprint density at radius 1 is 1.11 bits per heavy atom. The van der Waals surface area contributed by atoms with Crippen molar-refractivity contribution in [2.75, 3.05) is 14.1 Å². The lowest BCUT2D eigenvalue weighted by atomic mass is 9.55. The van der Waals surface area contributed by atoms with Crippen LogP contribution >= 0.6 is 0 Å². The topological polar surface area (TPSA) is 256 Å². The molecule has 4 rings (SSSR count). The highest BCUT2D eigenvalue weighted by molar-refractivity contribution is 7.79. The minimum Gasteiger partial charge on any atom is -0.510 e. The molecule has 202 valence electrons. The number of carbonyl (C=O) groups excluding carboxylic acids is 3. The Morgan fingerprint density at radius 3 is 2.14 bits per heavy atom. The standard InChI is InChI=1S/C22H24N2O8.H2O4S/c1-7-8-5-4-6-9(25)11(8)16(26)12-10(7)17(27)14-15(24(2)3)18(28)13(21(23)31)20(30)22(14,32)19(12)29;1-5(2,3)4/h4-7,10,14-15,17,25,27-29,32H,1-3H3,(H2,23,31);(H2,1,2,3,4)/t7-,10+,14-,15-,17-,22-;/m0./s1. The molecule has 0 aromatic heterocycles. The second-order valence-corrected chi connectivity index (χ2v) is 10.1. The first-order chi connectivity index (χ1) is 16.9. The van der Waals surface area contributed by atoms with E-state index in [1.807, 2.05) is 0 Å². The fraction of sp³-hybridized carbons (Fsp3) is 0.409. The summed E-state index contributed by atoms with van der Waals surface area (Å²) in [6.45, 7) is 1.68. The average Bonchev–Trinajstić information content (AvgIpc) is 2.74. The maximum atomic E-state index is 13.3. The molecule has 0 saturated heterocycles. The third-order valence-corrected chi connectivity index (χ3v) is 7.00. The molecule has 1 amide bonds. The Kier molecular flexibility index (Phi) is 7.02. The van der Waals surface area contributed by atoms with Crippen molar-refractivity contribution in [3.63, 3.8) is 0 Å². The van der Waals surface area contributed by atoms with E-state index in [0.29, 0.717) is 5.56 Å². The molecule has 14 nitrogen and oxygen atoms in total. The van der Waals surface area contributed by atoms with Crippen LogP contribution in [0.15, 0.2) is 40.9 Å². The predicted molar refractivity (Wildman–Crippen MR) is 124 cm³/mol. The molecule has 0 bridgehead atoms. The van der Waals surface area contributed by atoms with E-state index in [2.05, 4.69) is 0 Å². The zero-order chi connectivity index (χ0) is 28.4. The summed E-state index contributed by atoms with van der Waals surface area (Å²) in [6, 6.07) is 3.17. The fourth-order valence-corrected chi connectivity index (χ4v) is 5.58. The van der Waals surface area contributed by atoms with Gasteiger partial charge in [0.25, 0.3) is 5.91 Å². The van der Waals surface area contributed by atoms with Gasteiger partial charge in [0.05, 0.1) is 23.6 Å². The maximum absolute atomic E-state index is 13.3. The monoisotopic (exact) mass is 542 g/mol. The summed E-state index contributed by atoms with van der Waals surface area (Å²) in [5.41, 5.74) is 1.36. The van der Waals surface area contributed by atoms with Crippen molar-refractivity contribution in [2.24, 2.45) is 17.6 Å². The summed E-state index contributed by atoms with van der Waals surface area (Å²) in [5.74, 6) is -8.86. The van der Waals surface area contributed by atoms with Gasteiger partial charge in [-0.3, -0.25) is 28.4 Å². The van der Waals surface area contributed by atoms with Gasteiger partial charge in [-0.05, 0) is 31.6 Å². The van der Waals surface area contributed by atoms with Crippen molar-refractivity contribution in [3.8, 4) is 5.75 Å². The average molecular weight is 543 g/mol. The zero-order valence-corrected chi connectivity index (χ0v) is 20.5. The molecule has 9 N–H and O–H groups in total. The lowest BCUT2D eigenvalue weighted by Crippen LogP contribution is -2.68. The molecule has 0 spiro atoms. The number of primary amides is 1. The Hall–Kier alpha value is -3.34. The Morgan fingerprint density at radius 2 is 1.65 bits per heavy atom. The SMILES string of the molecule is C[C@H]1c2cccc(O)c2C(=O)C2=C(O)[C@]3(O)C(=O)C(C(N)=O)=C(O)[C@@H](N(C)C)[C@H]3[C@@H](O)[C@@H]21.O=S(=O)(O)O. The molecule has 0 aliphatic heterocycles. The van der Waals surface area contributed by atoms with Gasteiger partial charge < -0.3 is 31.3 Å². The van der Waals surface area contributed by atoms with E-state index in [0.717, 1.165) is 0 Å². The van der Waals surface area contributed by atoms with Gasteiger partial charge in [0, 0.05) is 11.5 Å². The number of aliphatic hydroxyl groups excluding tert-OH is 3. The van der Waals surface area contributed by atoms with Gasteiger partial charge in [-0.15, -0.1) is 0 Å². The molecule has 3 aliphatic carbocycles. The first-order valence-electron chi connectivity index (χ1n) is 10.7. The normalized spacial score (nSPS) is 31.3. The van der Waals surface area contributed by atoms with Crippen LogP contribution in [0.2, 0.25) is 0 Å². The molecule has 1 aromatic carbocycles. The number of nitrogens with zero attached hydrogens (tertiary/aromatic N) is 1. The Labute approximate surface area is 210 Å². The number of ketones is 2. The molecule has 0 unspecified atom stereocenters. The van der Waals surface area contributed by atoms with Gasteiger partial charge in [-0.2, -0.15) is 8.42 Å². The van der Waals surface area contributed by atoms with Crippen LogP contribution < -0.4 is 5.73 Å². The van der Waals surface area contributed by atoms with E-state index >= 15 is 0 Å². The molecule has 0 radical (unpaired) electrons. The van der Waals surface area contributed by atoms with Crippen LogP contribution in [0.4, 0.5) is 0 Å². The quantitative estimate of drug-likeness (QED) is 0.165. The summed E-state index contributed by atoms with van der Waals surface area (Å²) >= 11 is 0. The summed E-state index contributed by atoms with van der Waals surface area (Å²) in [5, 5.41) is 55.0. The number of nitrogens with two attached hydrogens (primary N) is 1. The van der Waals surface area contributed by atoms with E-state index in [-0.39, 0.29) is 11.3 Å². The number of hydrogen-bond acceptors (Lipinski definition) is 11. The number of likely N-dealkylation sites (N-methyl/N-ethyl adjacent to an activating group) is 1. The first kappa shape index (κ1) is 28.2. The number of amides is 1. The molecule has 3 aliphatic rings. The number of hydrogen-bond donors (Lipinski definition) is 8. The van der Waals surface area contributed by atoms with Crippen LogP contribution in [0.5, 0.6) is 5.75 Å². The molecule has 0 fully saturated rings. The maximum Gasteiger partial charge on any atom is 0.394 e. The van der Waals surface area contributed by atoms with Gasteiger partial charge in [-0.25, -0.2) is 0 Å². The van der Waals surface area contributed by atoms with Crippen molar-refractivity contribution in [3.05, 3.63) is 52.0 Å². The Bertz CT molecular complexity index is 1360. The van der Waals surface area contributed by atoms with E-state index in [1.165, 1.54) is 25.1 Å². The summed E-state index contributed by atoms with van der Waals surface area (Å²) in [7, 11) is -1.69. The van der Waals surface area contributed by atoms with Gasteiger partial charge in [0.15, 0.2) is 11.4 Å². The van der Waals surface area contributed by atoms with Crippen molar-refractivity contribution < 1.29 is 57.4 Å². The smallest absolute Gasteiger partial charge is 0.394 e. The van der Waals surface area contributed by atoms with Crippen molar-refractivity contribution in [1.82, 2.24) is 4.90 Å². The number of phenols is 1. The lowest BCUT2D eigenvalue weighted by molar-refractivity contribution is -0.162. The van der Waals surface area contributed by atoms with Crippen molar-refractivity contribution in [1.29, 1.82) is 0 Å². The predicted octanol–water partition coefficient (Wildman–Crippen LogP) is -1.00. The second kappa shape index (κ2) is 9.20. The van der Waals surface area contributed by atoms with Crippen LogP contribution in [0, 0.1) is 11.8 Å². The van der Waals surface area contributed by atoms with Gasteiger partial charge in [0.1, 0.15) is 22.8 Å². The highest BCUT2D eigenvalue weighted by Gasteiger charge is 2.67. The van der Waals surface area contributed by atoms with Gasteiger partial charge in [0.2, 0.25) is 5.78 Å². The molecule has 0 heterocycles. The number of aromatic hydroxyl groups is 1. The van der Waals surface area contributed by atoms with E-state index in [9.17, 15) is 39.9 Å². The second-order valence-electron chi connectivity index (χ2n) is 9.24. The summed E-state index contributed by atoms with van der Waals surface area (Å²) in [6.07, 6.45) is -1.59. The molecular weight excluding hydrogens is 516 g/mol. The summed E-state index contributed by atoms with van der Waals surface area (Å²) in [4.78, 5) is 39.8. The highest BCUT2D eigenvalue weighted by Crippen LogP contribution is 2.55. The number of aliphatic hydroxyl groups is 4. The largest absolute Gasteiger partial charge is 0.510 e. The Balaban J connectivity index is 0.000000695. The molecule has 0 saturated carbocycles. The van der Waals surface area contributed by atoms with Gasteiger partial charge in [-0.1, -0.05) is 19.1 Å². The number of benzene rings is 1. The van der Waals surface area contributed by atoms with E-state index < -0.39 is 86.0 Å². The molecular formula is C22H26N2O12S. The third kappa shape index (κ3) is 4.28. The minimum atomic E-state index is -4.67. The zero-order valence-electron chi connectivity index (χ0n) is 19.7. The highest BCUT2D eigenvalue weighted by atomic mass is 32.3. The lowest BCUT2D eigenvalue weighted by Gasteiger charge is -2.53. The summed E-state index contributed by atoms with van der Waals surface area (Å²) < 4.78 is 31.6. The molecule has 6 atom stereocenters. The van der Waals surface area contributed by atoms with Crippen LogP contribution in [0.25, 0.3) is 0 Å². The van der Waals surface area contributed by atoms with Gasteiger partial charge >= 0.3 is 10.4 Å². The van der Waals surface area contributed by atoms with Crippen LogP contribution in [0.1, 0.15) is 28.8 Å². The molecule has 1 aromatic rings. The van der Waals surface area contributed by atoms with Crippen LogP contribution in [-0.4, -0.2) is 97.3 Å². The number of rotatable bonds is 2. The number of phenolic OH excluding ortho intramolecular Hbond substituents is 1. The van der Waals surface area contributed by atoms with E-state index in [4.69, 9.17) is 23.3 Å². The van der Waals surface area contributed by atoms with Crippen LogP contribution in [0.3, 0.4) is 0 Å².